The number of aromatic carboxylic acids is 1. The Bertz CT molecular complexity index is 621. The van der Waals surface area contributed by atoms with E-state index in [9.17, 15) is 18.0 Å². The molecule has 0 aliphatic rings. The van der Waals surface area contributed by atoms with Crippen LogP contribution in [0.3, 0.4) is 0 Å². The third kappa shape index (κ3) is 3.08. The first-order valence-electron chi connectivity index (χ1n) is 5.35. The van der Waals surface area contributed by atoms with E-state index in [0.717, 1.165) is 18.3 Å². The van der Waals surface area contributed by atoms with E-state index in [4.69, 9.17) is 14.3 Å². The van der Waals surface area contributed by atoms with Crippen molar-refractivity contribution in [1.82, 2.24) is 4.98 Å². The number of para-hydroxylation sites is 1. The van der Waals surface area contributed by atoms with Crippen molar-refractivity contribution in [3.63, 3.8) is 0 Å². The summed E-state index contributed by atoms with van der Waals surface area (Å²) in [5.41, 5.74) is -0.926. The monoisotopic (exact) mass is 287 g/mol. The van der Waals surface area contributed by atoms with E-state index in [1.807, 2.05) is 0 Å². The Morgan fingerprint density at radius 2 is 2.05 bits per heavy atom. The summed E-state index contributed by atoms with van der Waals surface area (Å²) in [6, 6.07) is 4.67. The molecule has 0 aliphatic carbocycles. The largest absolute Gasteiger partial charge is 0.483 e. The molecule has 8 heteroatoms. The van der Waals surface area contributed by atoms with Gasteiger partial charge >= 0.3 is 12.1 Å². The maximum Gasteiger partial charge on any atom is 0.419 e. The lowest BCUT2D eigenvalue weighted by molar-refractivity contribution is -0.139. The summed E-state index contributed by atoms with van der Waals surface area (Å²) in [5, 5.41) is 8.61. The molecule has 20 heavy (non-hydrogen) atoms. The van der Waals surface area contributed by atoms with Gasteiger partial charge in [-0.3, -0.25) is 0 Å². The molecule has 5 nitrogen and oxygen atoms in total. The Morgan fingerprint density at radius 3 is 2.65 bits per heavy atom. The highest BCUT2D eigenvalue weighted by molar-refractivity contribution is 5.83. The second-order valence-electron chi connectivity index (χ2n) is 3.71. The van der Waals surface area contributed by atoms with Crippen molar-refractivity contribution in [2.45, 2.75) is 12.8 Å². The Kier molecular flexibility index (Phi) is 3.64. The number of carbonyl (C=O) groups is 1. The highest BCUT2D eigenvalue weighted by Gasteiger charge is 2.34. The molecular formula is C12H8F3NO4. The van der Waals surface area contributed by atoms with Gasteiger partial charge in [0.05, 0.1) is 11.8 Å². The van der Waals surface area contributed by atoms with Crippen molar-refractivity contribution < 1.29 is 32.2 Å². The van der Waals surface area contributed by atoms with Gasteiger partial charge in [0.1, 0.15) is 5.75 Å². The van der Waals surface area contributed by atoms with Gasteiger partial charge in [-0.15, -0.1) is 0 Å². The predicted molar refractivity (Wildman–Crippen MR) is 59.2 cm³/mol. The SMILES string of the molecule is O=C(O)c1cnc(COc2ccccc2C(F)(F)F)o1. The zero-order chi connectivity index (χ0) is 14.8. The van der Waals surface area contributed by atoms with Crippen molar-refractivity contribution in [3.8, 4) is 5.75 Å². The smallest absolute Gasteiger partial charge is 0.419 e. The van der Waals surface area contributed by atoms with Crippen LogP contribution in [0.2, 0.25) is 0 Å². The number of halogens is 3. The molecule has 1 aromatic heterocycles. The van der Waals surface area contributed by atoms with E-state index in [-0.39, 0.29) is 11.6 Å². The van der Waals surface area contributed by atoms with Crippen LogP contribution >= 0.6 is 0 Å². The second-order valence-corrected chi connectivity index (χ2v) is 3.71. The molecule has 0 atom stereocenters. The molecule has 1 N–H and O–H groups in total. The quantitative estimate of drug-likeness (QED) is 0.935. The van der Waals surface area contributed by atoms with Crippen molar-refractivity contribution in [1.29, 1.82) is 0 Å². The average Bonchev–Trinajstić information content (AvgIpc) is 2.84. The summed E-state index contributed by atoms with van der Waals surface area (Å²) in [4.78, 5) is 14.1. The number of alkyl halides is 3. The molecule has 0 bridgehead atoms. The van der Waals surface area contributed by atoms with Crippen molar-refractivity contribution >= 4 is 5.97 Å². The number of ether oxygens (including phenoxy) is 1. The Hall–Kier alpha value is -2.51. The van der Waals surface area contributed by atoms with Gasteiger partial charge in [0, 0.05) is 0 Å². The van der Waals surface area contributed by atoms with Crippen LogP contribution < -0.4 is 4.74 Å². The zero-order valence-corrected chi connectivity index (χ0v) is 9.85. The van der Waals surface area contributed by atoms with Gasteiger partial charge in [-0.1, -0.05) is 12.1 Å². The predicted octanol–water partition coefficient (Wildman–Crippen LogP) is 2.97. The molecule has 0 fully saturated rings. The lowest BCUT2D eigenvalue weighted by Gasteiger charge is -2.12. The van der Waals surface area contributed by atoms with Crippen LogP contribution in [0.15, 0.2) is 34.9 Å². The van der Waals surface area contributed by atoms with Crippen LogP contribution in [0, 0.1) is 0 Å². The number of nitrogens with zero attached hydrogens (tertiary/aromatic N) is 1. The van der Waals surface area contributed by atoms with Crippen molar-refractivity contribution in [2.75, 3.05) is 0 Å². The van der Waals surface area contributed by atoms with Crippen LogP contribution in [-0.2, 0) is 12.8 Å². The first kappa shape index (κ1) is 13.9. The fourth-order valence-electron chi connectivity index (χ4n) is 1.44. The first-order chi connectivity index (χ1) is 9.38. The van der Waals surface area contributed by atoms with E-state index in [2.05, 4.69) is 4.98 Å². The normalized spacial score (nSPS) is 11.3. The van der Waals surface area contributed by atoms with Gasteiger partial charge in [-0.2, -0.15) is 13.2 Å². The molecule has 1 heterocycles. The van der Waals surface area contributed by atoms with Gasteiger partial charge in [-0.25, -0.2) is 9.78 Å². The molecular weight excluding hydrogens is 279 g/mol. The summed E-state index contributed by atoms with van der Waals surface area (Å²) in [5.74, 6) is -2.23. The minimum atomic E-state index is -4.54. The number of carboxylic acids is 1. The molecule has 2 aromatic rings. The number of benzene rings is 1. The zero-order valence-electron chi connectivity index (χ0n) is 9.85. The molecule has 106 valence electrons. The van der Waals surface area contributed by atoms with Gasteiger partial charge in [0.25, 0.3) is 0 Å². The summed E-state index contributed by atoms with van der Waals surface area (Å²) in [6.45, 7) is -0.402. The van der Waals surface area contributed by atoms with Crippen LogP contribution in [0.25, 0.3) is 0 Å². The molecule has 0 aliphatic heterocycles. The minimum absolute atomic E-state index is 0.126. The lowest BCUT2D eigenvalue weighted by Crippen LogP contribution is -2.08. The van der Waals surface area contributed by atoms with E-state index < -0.39 is 30.1 Å². The molecule has 0 spiro atoms. The summed E-state index contributed by atoms with van der Waals surface area (Å²) >= 11 is 0. The third-order valence-electron chi connectivity index (χ3n) is 2.31. The molecule has 1 aromatic carbocycles. The minimum Gasteiger partial charge on any atom is -0.483 e. The van der Waals surface area contributed by atoms with Crippen molar-refractivity contribution in [2.24, 2.45) is 0 Å². The summed E-state index contributed by atoms with van der Waals surface area (Å²) in [6.07, 6.45) is -3.59. The third-order valence-corrected chi connectivity index (χ3v) is 2.31. The van der Waals surface area contributed by atoms with E-state index >= 15 is 0 Å². The fraction of sp³-hybridized carbons (Fsp3) is 0.167. The first-order valence-corrected chi connectivity index (χ1v) is 5.35. The van der Waals surface area contributed by atoms with Gasteiger partial charge < -0.3 is 14.3 Å². The molecule has 0 saturated heterocycles. The maximum absolute atomic E-state index is 12.7. The Morgan fingerprint density at radius 1 is 1.35 bits per heavy atom. The number of aromatic nitrogens is 1. The fourth-order valence-corrected chi connectivity index (χ4v) is 1.44. The van der Waals surface area contributed by atoms with E-state index in [1.165, 1.54) is 12.1 Å². The molecule has 0 radical (unpaired) electrons. The van der Waals surface area contributed by atoms with Crippen LogP contribution in [0.1, 0.15) is 22.0 Å². The number of hydrogen-bond donors (Lipinski definition) is 1. The summed E-state index contributed by atoms with van der Waals surface area (Å²) in [7, 11) is 0. The van der Waals surface area contributed by atoms with Gasteiger partial charge in [0.2, 0.25) is 11.7 Å². The molecule has 0 amide bonds. The average molecular weight is 287 g/mol. The van der Waals surface area contributed by atoms with Gasteiger partial charge in [-0.05, 0) is 12.1 Å². The van der Waals surface area contributed by atoms with Crippen LogP contribution in [0.4, 0.5) is 13.2 Å². The topological polar surface area (TPSA) is 72.6 Å². The van der Waals surface area contributed by atoms with E-state index in [1.54, 1.807) is 0 Å². The highest BCUT2D eigenvalue weighted by Crippen LogP contribution is 2.36. The van der Waals surface area contributed by atoms with Crippen molar-refractivity contribution in [3.05, 3.63) is 47.7 Å². The number of oxazole rings is 1. The summed E-state index contributed by atoms with van der Waals surface area (Å²) < 4.78 is 47.8. The Balaban J connectivity index is 2.13. The lowest BCUT2D eigenvalue weighted by atomic mass is 10.2. The number of carboxylic acid groups (broad SMARTS) is 1. The maximum atomic E-state index is 12.7. The standard InChI is InChI=1S/C12H8F3NO4/c13-12(14,15)7-3-1-2-4-8(7)19-6-10-16-5-9(20-10)11(17)18/h1-5H,6H2,(H,17,18). The molecule has 0 unspecified atom stereocenters. The second kappa shape index (κ2) is 5.24. The number of rotatable bonds is 4. The van der Waals surface area contributed by atoms with Gasteiger partial charge in [0.15, 0.2) is 6.61 Å². The molecule has 0 saturated carbocycles. The molecule has 2 rings (SSSR count). The number of hydrogen-bond acceptors (Lipinski definition) is 4. The van der Waals surface area contributed by atoms with Crippen LogP contribution in [-0.4, -0.2) is 16.1 Å². The van der Waals surface area contributed by atoms with E-state index in [0.29, 0.717) is 0 Å². The van der Waals surface area contributed by atoms with Crippen LogP contribution in [0.5, 0.6) is 5.75 Å². The Labute approximate surface area is 110 Å². The highest BCUT2D eigenvalue weighted by atomic mass is 19.4.